The second kappa shape index (κ2) is 6.87. The number of aromatic nitrogens is 2. The van der Waals surface area contributed by atoms with Gasteiger partial charge in [-0.05, 0) is 19.9 Å². The van der Waals surface area contributed by atoms with Crippen LogP contribution in [0.3, 0.4) is 0 Å². The highest BCUT2D eigenvalue weighted by molar-refractivity contribution is 5.00. The van der Waals surface area contributed by atoms with E-state index in [1.165, 1.54) is 0 Å². The number of aryl methyl sites for hydroxylation is 1. The van der Waals surface area contributed by atoms with E-state index >= 15 is 0 Å². The van der Waals surface area contributed by atoms with E-state index in [1.54, 1.807) is 0 Å². The Balaban J connectivity index is 2.03. The van der Waals surface area contributed by atoms with Gasteiger partial charge in [-0.2, -0.15) is 0 Å². The summed E-state index contributed by atoms with van der Waals surface area (Å²) in [7, 11) is 0. The van der Waals surface area contributed by atoms with Crippen molar-refractivity contribution < 1.29 is 9.47 Å². The summed E-state index contributed by atoms with van der Waals surface area (Å²) >= 11 is 0. The van der Waals surface area contributed by atoms with Crippen molar-refractivity contribution in [3.05, 3.63) is 18.2 Å². The van der Waals surface area contributed by atoms with Gasteiger partial charge >= 0.3 is 0 Å². The van der Waals surface area contributed by atoms with Gasteiger partial charge in [0.1, 0.15) is 5.82 Å². The van der Waals surface area contributed by atoms with Crippen LogP contribution in [-0.4, -0.2) is 35.6 Å². The molecule has 2 rings (SSSR count). The lowest BCUT2D eigenvalue weighted by Gasteiger charge is -2.21. The Bertz CT molecular complexity index is 348. The van der Waals surface area contributed by atoms with E-state index in [2.05, 4.69) is 28.7 Å². The lowest BCUT2D eigenvalue weighted by molar-refractivity contribution is -0.0537. The third kappa shape index (κ3) is 3.31. The zero-order chi connectivity index (χ0) is 12.8. The summed E-state index contributed by atoms with van der Waals surface area (Å²) in [4.78, 5) is 4.47. The molecule has 1 saturated heterocycles. The molecule has 1 aromatic rings. The Hall–Kier alpha value is -0.910. The van der Waals surface area contributed by atoms with Gasteiger partial charge in [0.15, 0.2) is 6.29 Å². The molecule has 1 unspecified atom stereocenters. The van der Waals surface area contributed by atoms with E-state index in [9.17, 15) is 0 Å². The summed E-state index contributed by atoms with van der Waals surface area (Å²) < 4.78 is 13.2. The maximum Gasteiger partial charge on any atom is 0.159 e. The predicted molar refractivity (Wildman–Crippen MR) is 69.2 cm³/mol. The fraction of sp³-hybridized carbons (Fsp3) is 0.769. The van der Waals surface area contributed by atoms with Crippen LogP contribution in [0.2, 0.25) is 0 Å². The second-order valence-electron chi connectivity index (χ2n) is 4.49. The molecule has 1 aromatic heterocycles. The summed E-state index contributed by atoms with van der Waals surface area (Å²) in [5.74, 6) is 1.07. The largest absolute Gasteiger partial charge is 0.350 e. The van der Waals surface area contributed by atoms with Crippen molar-refractivity contribution in [1.82, 2.24) is 14.9 Å². The molecule has 1 aliphatic rings. The second-order valence-corrected chi connectivity index (χ2v) is 4.49. The molecule has 0 aromatic carbocycles. The zero-order valence-corrected chi connectivity index (χ0v) is 11.3. The molecule has 18 heavy (non-hydrogen) atoms. The van der Waals surface area contributed by atoms with Crippen molar-refractivity contribution in [2.24, 2.45) is 0 Å². The number of hydrogen-bond acceptors (Lipinski definition) is 4. The van der Waals surface area contributed by atoms with Crippen LogP contribution in [0.15, 0.2) is 12.4 Å². The molecule has 0 bridgehead atoms. The van der Waals surface area contributed by atoms with Crippen LogP contribution in [0.5, 0.6) is 0 Å². The maximum absolute atomic E-state index is 5.54. The molecule has 102 valence electrons. The Labute approximate surface area is 108 Å². The van der Waals surface area contributed by atoms with Crippen LogP contribution in [0.4, 0.5) is 0 Å². The number of rotatable bonds is 7. The lowest BCUT2D eigenvalue weighted by Crippen LogP contribution is -2.29. The topological polar surface area (TPSA) is 48.3 Å². The average Bonchev–Trinajstić information content (AvgIpc) is 3.04. The van der Waals surface area contributed by atoms with Crippen LogP contribution >= 0.6 is 0 Å². The summed E-state index contributed by atoms with van der Waals surface area (Å²) in [5.41, 5.74) is 0. The van der Waals surface area contributed by atoms with Gasteiger partial charge in [-0.3, -0.25) is 0 Å². The van der Waals surface area contributed by atoms with Crippen LogP contribution in [0.1, 0.15) is 38.6 Å². The Morgan fingerprint density at radius 2 is 2.22 bits per heavy atom. The van der Waals surface area contributed by atoms with E-state index in [4.69, 9.17) is 9.47 Å². The summed E-state index contributed by atoms with van der Waals surface area (Å²) in [6.45, 7) is 7.62. The fourth-order valence-electron chi connectivity index (χ4n) is 2.23. The number of hydrogen-bond donors (Lipinski definition) is 1. The van der Waals surface area contributed by atoms with Gasteiger partial charge in [0.25, 0.3) is 0 Å². The molecule has 1 aliphatic heterocycles. The van der Waals surface area contributed by atoms with E-state index in [0.29, 0.717) is 13.2 Å². The molecule has 1 N–H and O–H groups in total. The number of nitrogens with one attached hydrogen (secondary N) is 1. The first-order chi connectivity index (χ1) is 8.85. The van der Waals surface area contributed by atoms with E-state index in [-0.39, 0.29) is 12.3 Å². The minimum absolute atomic E-state index is 0.0960. The third-order valence-corrected chi connectivity index (χ3v) is 3.16. The Kier molecular flexibility index (Phi) is 5.16. The van der Waals surface area contributed by atoms with Crippen LogP contribution < -0.4 is 5.32 Å². The van der Waals surface area contributed by atoms with Gasteiger partial charge in [0, 0.05) is 25.4 Å². The lowest BCUT2D eigenvalue weighted by atomic mass is 10.1. The first kappa shape index (κ1) is 13.5. The van der Waals surface area contributed by atoms with E-state index in [0.717, 1.165) is 31.8 Å². The van der Waals surface area contributed by atoms with Crippen molar-refractivity contribution in [3.63, 3.8) is 0 Å². The molecule has 0 saturated carbocycles. The van der Waals surface area contributed by atoms with Gasteiger partial charge in [-0.1, -0.05) is 6.92 Å². The van der Waals surface area contributed by atoms with Gasteiger partial charge in [-0.15, -0.1) is 0 Å². The molecule has 5 nitrogen and oxygen atoms in total. The molecular formula is C13H23N3O2. The van der Waals surface area contributed by atoms with Gasteiger partial charge in [0.2, 0.25) is 0 Å². The molecule has 1 atom stereocenters. The maximum atomic E-state index is 5.54. The monoisotopic (exact) mass is 253 g/mol. The van der Waals surface area contributed by atoms with Crippen LogP contribution in [-0.2, 0) is 16.0 Å². The Morgan fingerprint density at radius 3 is 2.89 bits per heavy atom. The van der Waals surface area contributed by atoms with Crippen molar-refractivity contribution >= 4 is 0 Å². The minimum Gasteiger partial charge on any atom is -0.350 e. The summed E-state index contributed by atoms with van der Waals surface area (Å²) in [6, 6.07) is 0.197. The highest BCUT2D eigenvalue weighted by Gasteiger charge is 2.24. The van der Waals surface area contributed by atoms with Crippen molar-refractivity contribution in [2.45, 2.75) is 45.6 Å². The van der Waals surface area contributed by atoms with E-state index in [1.807, 2.05) is 12.4 Å². The molecule has 0 radical (unpaired) electrons. The normalized spacial score (nSPS) is 18.3. The summed E-state index contributed by atoms with van der Waals surface area (Å²) in [5, 5.41) is 3.53. The average molecular weight is 253 g/mol. The highest BCUT2D eigenvalue weighted by Crippen LogP contribution is 2.21. The smallest absolute Gasteiger partial charge is 0.159 e. The molecule has 5 heteroatoms. The molecule has 0 spiro atoms. The Morgan fingerprint density at radius 1 is 1.44 bits per heavy atom. The molecule has 2 heterocycles. The van der Waals surface area contributed by atoms with Crippen LogP contribution in [0.25, 0.3) is 0 Å². The van der Waals surface area contributed by atoms with Crippen molar-refractivity contribution in [1.29, 1.82) is 0 Å². The molecule has 0 aliphatic carbocycles. The zero-order valence-electron chi connectivity index (χ0n) is 11.3. The van der Waals surface area contributed by atoms with E-state index < -0.39 is 0 Å². The third-order valence-electron chi connectivity index (χ3n) is 3.16. The molecule has 1 fully saturated rings. The predicted octanol–water partition coefficient (Wildman–Crippen LogP) is 1.71. The SMILES string of the molecule is CCCNC(CC1OCCO1)c1nccn1CC. The van der Waals surface area contributed by atoms with Crippen molar-refractivity contribution in [3.8, 4) is 0 Å². The van der Waals surface area contributed by atoms with Gasteiger partial charge in [-0.25, -0.2) is 4.98 Å². The standard InChI is InChI=1S/C13H23N3O2/c1-3-5-14-11(10-12-17-8-9-18-12)13-15-6-7-16(13)4-2/h6-7,11-12,14H,3-5,8-10H2,1-2H3. The molecular weight excluding hydrogens is 230 g/mol. The number of ether oxygens (including phenoxy) is 2. The number of nitrogens with zero attached hydrogens (tertiary/aromatic N) is 2. The van der Waals surface area contributed by atoms with Gasteiger partial charge in [0.05, 0.1) is 19.3 Å². The van der Waals surface area contributed by atoms with Crippen LogP contribution in [0, 0.1) is 0 Å². The highest BCUT2D eigenvalue weighted by atomic mass is 16.7. The quantitative estimate of drug-likeness (QED) is 0.803. The van der Waals surface area contributed by atoms with Crippen molar-refractivity contribution in [2.75, 3.05) is 19.8 Å². The first-order valence-electron chi connectivity index (χ1n) is 6.82. The van der Waals surface area contributed by atoms with Gasteiger partial charge < -0.3 is 19.4 Å². The first-order valence-corrected chi connectivity index (χ1v) is 6.82. The summed E-state index contributed by atoms with van der Waals surface area (Å²) in [6.07, 6.45) is 5.70. The minimum atomic E-state index is -0.0960. The fourth-order valence-corrected chi connectivity index (χ4v) is 2.23. The molecule has 0 amide bonds. The number of imidazole rings is 1.